The van der Waals surface area contributed by atoms with E-state index in [1.807, 2.05) is 31.2 Å². The first kappa shape index (κ1) is 14.5. The van der Waals surface area contributed by atoms with Crippen molar-refractivity contribution in [1.29, 1.82) is 0 Å². The van der Waals surface area contributed by atoms with Gasteiger partial charge in [0.2, 0.25) is 5.89 Å². The molecule has 0 aliphatic carbocycles. The molecule has 0 radical (unpaired) electrons. The Kier molecular flexibility index (Phi) is 4.29. The van der Waals surface area contributed by atoms with Crippen molar-refractivity contribution in [2.75, 3.05) is 0 Å². The normalized spacial score (nSPS) is 12.5. The van der Waals surface area contributed by atoms with E-state index in [1.54, 1.807) is 6.92 Å². The maximum Gasteiger partial charge on any atom is 0.243 e. The van der Waals surface area contributed by atoms with Crippen molar-refractivity contribution >= 4 is 0 Å². The van der Waals surface area contributed by atoms with Crippen molar-refractivity contribution in [2.45, 2.75) is 32.9 Å². The highest BCUT2D eigenvalue weighted by Crippen LogP contribution is 2.13. The van der Waals surface area contributed by atoms with Gasteiger partial charge >= 0.3 is 0 Å². The lowest BCUT2D eigenvalue weighted by molar-refractivity contribution is 0.333. The molecule has 6 nitrogen and oxygen atoms in total. The van der Waals surface area contributed by atoms with Gasteiger partial charge in [-0.2, -0.15) is 4.98 Å². The second-order valence-electron chi connectivity index (χ2n) is 5.23. The van der Waals surface area contributed by atoms with Crippen molar-refractivity contribution in [3.63, 3.8) is 0 Å². The monoisotopic (exact) mass is 298 g/mol. The molecule has 0 spiro atoms. The van der Waals surface area contributed by atoms with Crippen molar-refractivity contribution in [3.05, 3.63) is 65.1 Å². The molecule has 0 saturated heterocycles. The molecule has 1 unspecified atom stereocenters. The van der Waals surface area contributed by atoms with Crippen molar-refractivity contribution < 1.29 is 9.05 Å². The minimum atomic E-state index is -0.0320. The Labute approximate surface area is 128 Å². The van der Waals surface area contributed by atoms with Gasteiger partial charge in [0.25, 0.3) is 0 Å². The molecule has 1 aromatic carbocycles. The van der Waals surface area contributed by atoms with Crippen LogP contribution in [-0.2, 0) is 13.0 Å². The number of aryl methyl sites for hydroxylation is 1. The van der Waals surface area contributed by atoms with Crippen LogP contribution in [0.15, 0.2) is 45.4 Å². The van der Waals surface area contributed by atoms with E-state index in [-0.39, 0.29) is 6.04 Å². The van der Waals surface area contributed by atoms with Gasteiger partial charge in [0, 0.05) is 19.0 Å². The molecule has 3 aromatic rings. The summed E-state index contributed by atoms with van der Waals surface area (Å²) in [6.45, 7) is 4.35. The zero-order valence-corrected chi connectivity index (χ0v) is 12.6. The molecular weight excluding hydrogens is 280 g/mol. The van der Waals surface area contributed by atoms with Crippen molar-refractivity contribution in [3.8, 4) is 0 Å². The van der Waals surface area contributed by atoms with Gasteiger partial charge in [-0.25, -0.2) is 0 Å². The van der Waals surface area contributed by atoms with Crippen LogP contribution in [0.3, 0.4) is 0 Å². The van der Waals surface area contributed by atoms with Crippen LogP contribution in [0, 0.1) is 6.92 Å². The van der Waals surface area contributed by atoms with E-state index < -0.39 is 0 Å². The summed E-state index contributed by atoms with van der Waals surface area (Å²) in [5.41, 5.74) is 2.06. The molecule has 2 heterocycles. The Hall–Kier alpha value is -2.47. The van der Waals surface area contributed by atoms with Crippen molar-refractivity contribution in [1.82, 2.24) is 20.6 Å². The fourth-order valence-corrected chi connectivity index (χ4v) is 2.15. The minimum Gasteiger partial charge on any atom is -0.361 e. The maximum absolute atomic E-state index is 5.37. The fraction of sp³-hybridized carbons (Fsp3) is 0.312. The van der Waals surface area contributed by atoms with Crippen molar-refractivity contribution in [2.24, 2.45) is 0 Å². The quantitative estimate of drug-likeness (QED) is 0.754. The molecule has 0 amide bonds. The van der Waals surface area contributed by atoms with Gasteiger partial charge in [-0.05, 0) is 19.4 Å². The molecule has 0 aliphatic rings. The Bertz CT molecular complexity index is 721. The second-order valence-corrected chi connectivity index (χ2v) is 5.23. The lowest BCUT2D eigenvalue weighted by Gasteiger charge is -2.06. The topological polar surface area (TPSA) is 77.0 Å². The summed E-state index contributed by atoms with van der Waals surface area (Å²) in [6.07, 6.45) is 0.742. The molecule has 0 aliphatic heterocycles. The number of benzene rings is 1. The third kappa shape index (κ3) is 3.59. The molecule has 2 aromatic heterocycles. The van der Waals surface area contributed by atoms with Gasteiger partial charge in [0.1, 0.15) is 5.76 Å². The van der Waals surface area contributed by atoms with Gasteiger partial charge in [-0.3, -0.25) is 0 Å². The number of hydrogen-bond acceptors (Lipinski definition) is 6. The summed E-state index contributed by atoms with van der Waals surface area (Å²) in [5.74, 6) is 2.06. The summed E-state index contributed by atoms with van der Waals surface area (Å²) in [7, 11) is 0. The molecule has 6 heteroatoms. The molecule has 114 valence electrons. The Morgan fingerprint density at radius 3 is 2.68 bits per heavy atom. The van der Waals surface area contributed by atoms with E-state index in [9.17, 15) is 0 Å². The van der Waals surface area contributed by atoms with E-state index in [4.69, 9.17) is 9.05 Å². The third-order valence-corrected chi connectivity index (χ3v) is 3.33. The molecule has 0 bridgehead atoms. The number of aromatic nitrogens is 3. The predicted octanol–water partition coefficient (Wildman–Crippen LogP) is 2.81. The summed E-state index contributed by atoms with van der Waals surface area (Å²) >= 11 is 0. The average molecular weight is 298 g/mol. The zero-order valence-electron chi connectivity index (χ0n) is 12.6. The molecule has 1 atom stereocenters. The molecule has 3 rings (SSSR count). The van der Waals surface area contributed by atoms with Crippen LogP contribution in [0.25, 0.3) is 0 Å². The standard InChI is InChI=1S/C16H18N4O2/c1-11(16-18-12(2)19-22-16)17-10-14-9-15(21-20-14)8-13-6-4-3-5-7-13/h3-7,9,11,17H,8,10H2,1-2H3. The van der Waals surface area contributed by atoms with Crippen LogP contribution in [0.1, 0.15) is 41.7 Å². The van der Waals surface area contributed by atoms with Crippen LogP contribution in [-0.4, -0.2) is 15.3 Å². The van der Waals surface area contributed by atoms with E-state index in [0.29, 0.717) is 18.3 Å². The lowest BCUT2D eigenvalue weighted by Crippen LogP contribution is -2.18. The number of rotatable bonds is 6. The van der Waals surface area contributed by atoms with Gasteiger partial charge in [0.15, 0.2) is 5.82 Å². The molecular formula is C16H18N4O2. The Morgan fingerprint density at radius 1 is 1.14 bits per heavy atom. The van der Waals surface area contributed by atoms with Crippen LogP contribution < -0.4 is 5.32 Å². The zero-order chi connectivity index (χ0) is 15.4. The predicted molar refractivity (Wildman–Crippen MR) is 80.0 cm³/mol. The second kappa shape index (κ2) is 6.53. The van der Waals surface area contributed by atoms with Crippen LogP contribution >= 0.6 is 0 Å². The smallest absolute Gasteiger partial charge is 0.243 e. The lowest BCUT2D eigenvalue weighted by atomic mass is 10.1. The number of nitrogens with zero attached hydrogens (tertiary/aromatic N) is 3. The first-order valence-electron chi connectivity index (χ1n) is 7.22. The Morgan fingerprint density at radius 2 is 1.95 bits per heavy atom. The first-order chi connectivity index (χ1) is 10.7. The highest BCUT2D eigenvalue weighted by atomic mass is 16.5. The van der Waals surface area contributed by atoms with Gasteiger partial charge in [-0.1, -0.05) is 40.6 Å². The molecule has 1 N–H and O–H groups in total. The average Bonchev–Trinajstić information content (AvgIpc) is 3.15. The highest BCUT2D eigenvalue weighted by molar-refractivity contribution is 5.21. The molecule has 22 heavy (non-hydrogen) atoms. The summed E-state index contributed by atoms with van der Waals surface area (Å²) in [5, 5.41) is 11.1. The van der Waals surface area contributed by atoms with Gasteiger partial charge in [0.05, 0.1) is 11.7 Å². The molecule has 0 saturated carbocycles. The van der Waals surface area contributed by atoms with Gasteiger partial charge < -0.3 is 14.4 Å². The van der Waals surface area contributed by atoms with E-state index in [0.717, 1.165) is 17.9 Å². The highest BCUT2D eigenvalue weighted by Gasteiger charge is 2.13. The number of nitrogens with one attached hydrogen (secondary N) is 1. The Balaban J connectivity index is 1.55. The SMILES string of the molecule is Cc1noc(C(C)NCc2cc(Cc3ccccc3)on2)n1. The van der Waals surface area contributed by atoms with E-state index >= 15 is 0 Å². The summed E-state index contributed by atoms with van der Waals surface area (Å²) in [6, 6.07) is 12.1. The summed E-state index contributed by atoms with van der Waals surface area (Å²) in [4.78, 5) is 4.20. The van der Waals surface area contributed by atoms with Crippen LogP contribution in [0.4, 0.5) is 0 Å². The van der Waals surface area contributed by atoms with E-state index in [1.165, 1.54) is 5.56 Å². The first-order valence-corrected chi connectivity index (χ1v) is 7.22. The van der Waals surface area contributed by atoms with E-state index in [2.05, 4.69) is 32.7 Å². The molecule has 0 fully saturated rings. The third-order valence-electron chi connectivity index (χ3n) is 3.33. The minimum absolute atomic E-state index is 0.0320. The van der Waals surface area contributed by atoms with Crippen LogP contribution in [0.5, 0.6) is 0 Å². The van der Waals surface area contributed by atoms with Gasteiger partial charge in [-0.15, -0.1) is 0 Å². The number of hydrogen-bond donors (Lipinski definition) is 1. The summed E-state index contributed by atoms with van der Waals surface area (Å²) < 4.78 is 10.5. The van der Waals surface area contributed by atoms with Crippen LogP contribution in [0.2, 0.25) is 0 Å². The maximum atomic E-state index is 5.37. The largest absolute Gasteiger partial charge is 0.361 e. The fourth-order valence-electron chi connectivity index (χ4n) is 2.15.